The highest BCUT2D eigenvalue weighted by Crippen LogP contribution is 2.22. The molecule has 21 heavy (non-hydrogen) atoms. The molecule has 1 atom stereocenters. The summed E-state index contributed by atoms with van der Waals surface area (Å²) in [5, 5.41) is 16.9. The predicted octanol–water partition coefficient (Wildman–Crippen LogP) is 0.742. The van der Waals surface area contributed by atoms with E-state index >= 15 is 0 Å². The first-order valence-electron chi connectivity index (χ1n) is 7.13. The molecule has 0 saturated carbocycles. The van der Waals surface area contributed by atoms with Gasteiger partial charge in [-0.2, -0.15) is 5.10 Å². The number of rotatable bonds is 7. The SMILES string of the molecule is C=CCn1ncc(N(CCO)CC2CCCN2)c(Br)c1=O. The van der Waals surface area contributed by atoms with Gasteiger partial charge in [0.15, 0.2) is 0 Å². The van der Waals surface area contributed by atoms with Crippen LogP contribution in [-0.2, 0) is 6.54 Å². The number of hydrogen-bond donors (Lipinski definition) is 2. The molecule has 2 N–H and O–H groups in total. The Morgan fingerprint density at radius 2 is 2.48 bits per heavy atom. The summed E-state index contributed by atoms with van der Waals surface area (Å²) < 4.78 is 1.83. The van der Waals surface area contributed by atoms with Gasteiger partial charge in [0.05, 0.1) is 25.0 Å². The minimum Gasteiger partial charge on any atom is -0.395 e. The van der Waals surface area contributed by atoms with Crippen molar-refractivity contribution in [2.75, 3.05) is 31.1 Å². The first-order valence-corrected chi connectivity index (χ1v) is 7.92. The van der Waals surface area contributed by atoms with E-state index < -0.39 is 0 Å². The van der Waals surface area contributed by atoms with Crippen LogP contribution in [0, 0.1) is 0 Å². The molecule has 6 nitrogen and oxygen atoms in total. The van der Waals surface area contributed by atoms with Crippen LogP contribution < -0.4 is 15.8 Å². The van der Waals surface area contributed by atoms with E-state index in [2.05, 4.69) is 32.9 Å². The Balaban J connectivity index is 2.24. The van der Waals surface area contributed by atoms with Gasteiger partial charge in [0.1, 0.15) is 4.47 Å². The highest BCUT2D eigenvalue weighted by Gasteiger charge is 2.21. The van der Waals surface area contributed by atoms with Crippen molar-refractivity contribution in [2.24, 2.45) is 0 Å². The van der Waals surface area contributed by atoms with Gasteiger partial charge in [-0.05, 0) is 35.3 Å². The number of aliphatic hydroxyl groups excluding tert-OH is 1. The summed E-state index contributed by atoms with van der Waals surface area (Å²) in [6.07, 6.45) is 5.58. The summed E-state index contributed by atoms with van der Waals surface area (Å²) >= 11 is 3.37. The van der Waals surface area contributed by atoms with Crippen LogP contribution in [0.2, 0.25) is 0 Å². The average molecular weight is 357 g/mol. The van der Waals surface area contributed by atoms with Crippen molar-refractivity contribution in [3.8, 4) is 0 Å². The predicted molar refractivity (Wildman–Crippen MR) is 86.7 cm³/mol. The van der Waals surface area contributed by atoms with Crippen molar-refractivity contribution in [3.05, 3.63) is 33.7 Å². The Labute approximate surface area is 132 Å². The standard InChI is InChI=1S/C14H21BrN4O2/c1-2-6-19-14(21)13(15)12(9-17-19)18(7-8-20)10-11-4-3-5-16-11/h2,9,11,16,20H,1,3-8,10H2. The molecular formula is C14H21BrN4O2. The Morgan fingerprint density at radius 1 is 1.67 bits per heavy atom. The fourth-order valence-corrected chi connectivity index (χ4v) is 3.10. The van der Waals surface area contributed by atoms with E-state index in [9.17, 15) is 9.90 Å². The fraction of sp³-hybridized carbons (Fsp3) is 0.571. The molecule has 0 spiro atoms. The van der Waals surface area contributed by atoms with E-state index in [4.69, 9.17) is 0 Å². The van der Waals surface area contributed by atoms with E-state index in [-0.39, 0.29) is 12.2 Å². The van der Waals surface area contributed by atoms with E-state index in [1.54, 1.807) is 12.3 Å². The van der Waals surface area contributed by atoms with Crippen LogP contribution in [-0.4, -0.2) is 47.2 Å². The largest absolute Gasteiger partial charge is 0.395 e. The topological polar surface area (TPSA) is 70.4 Å². The van der Waals surface area contributed by atoms with Crippen molar-refractivity contribution < 1.29 is 5.11 Å². The zero-order valence-corrected chi connectivity index (χ0v) is 13.5. The minimum absolute atomic E-state index is 0.0366. The third-order valence-electron chi connectivity index (χ3n) is 3.58. The van der Waals surface area contributed by atoms with Crippen LogP contribution in [0.5, 0.6) is 0 Å². The van der Waals surface area contributed by atoms with Crippen molar-refractivity contribution in [3.63, 3.8) is 0 Å². The molecule has 116 valence electrons. The highest BCUT2D eigenvalue weighted by atomic mass is 79.9. The lowest BCUT2D eigenvalue weighted by Gasteiger charge is -2.27. The highest BCUT2D eigenvalue weighted by molar-refractivity contribution is 9.10. The number of halogens is 1. The van der Waals surface area contributed by atoms with E-state index in [0.717, 1.165) is 31.6 Å². The summed E-state index contributed by atoms with van der Waals surface area (Å²) in [6, 6.07) is 0.388. The smallest absolute Gasteiger partial charge is 0.283 e. The lowest BCUT2D eigenvalue weighted by Crippen LogP contribution is -2.40. The lowest BCUT2D eigenvalue weighted by molar-refractivity contribution is 0.300. The van der Waals surface area contributed by atoms with Crippen molar-refractivity contribution in [2.45, 2.75) is 25.4 Å². The Morgan fingerprint density at radius 3 is 3.10 bits per heavy atom. The van der Waals surface area contributed by atoms with Gasteiger partial charge in [-0.1, -0.05) is 6.08 Å². The fourth-order valence-electron chi connectivity index (χ4n) is 2.54. The Kier molecular flexibility index (Phi) is 5.96. The van der Waals surface area contributed by atoms with Crippen LogP contribution in [0.1, 0.15) is 12.8 Å². The van der Waals surface area contributed by atoms with Gasteiger partial charge < -0.3 is 15.3 Å². The molecule has 0 radical (unpaired) electrons. The molecule has 1 aromatic rings. The Bertz CT molecular complexity index is 540. The zero-order valence-electron chi connectivity index (χ0n) is 12.0. The molecule has 0 aliphatic carbocycles. The molecule has 2 heterocycles. The number of aliphatic hydroxyl groups is 1. The molecule has 7 heteroatoms. The number of nitrogens with zero attached hydrogens (tertiary/aromatic N) is 3. The molecule has 1 fully saturated rings. The molecule has 0 bridgehead atoms. The third kappa shape index (κ3) is 3.93. The van der Waals surface area contributed by atoms with Crippen molar-refractivity contribution >= 4 is 21.6 Å². The van der Waals surface area contributed by atoms with Gasteiger partial charge in [0.2, 0.25) is 0 Å². The summed E-state index contributed by atoms with van der Waals surface area (Å²) in [6.45, 7) is 6.29. The number of hydrogen-bond acceptors (Lipinski definition) is 5. The van der Waals surface area contributed by atoms with Gasteiger partial charge >= 0.3 is 0 Å². The molecule has 1 aromatic heterocycles. The maximum absolute atomic E-state index is 12.2. The molecule has 2 rings (SSSR count). The molecule has 1 aliphatic rings. The van der Waals surface area contributed by atoms with E-state index in [1.165, 1.54) is 4.68 Å². The molecule has 1 unspecified atom stereocenters. The molecule has 0 aromatic carbocycles. The summed E-state index contributed by atoms with van der Waals surface area (Å²) in [4.78, 5) is 14.2. The lowest BCUT2D eigenvalue weighted by atomic mass is 10.2. The Hall–Kier alpha value is -1.18. The quantitative estimate of drug-likeness (QED) is 0.705. The van der Waals surface area contributed by atoms with E-state index in [0.29, 0.717) is 23.6 Å². The average Bonchev–Trinajstić information content (AvgIpc) is 2.97. The van der Waals surface area contributed by atoms with Gasteiger partial charge in [0.25, 0.3) is 5.56 Å². The van der Waals surface area contributed by atoms with E-state index in [1.807, 2.05) is 4.90 Å². The van der Waals surface area contributed by atoms with Gasteiger partial charge in [-0.25, -0.2) is 4.68 Å². The van der Waals surface area contributed by atoms with Crippen molar-refractivity contribution in [1.82, 2.24) is 15.1 Å². The first-order chi connectivity index (χ1) is 10.2. The number of allylic oxidation sites excluding steroid dienone is 1. The maximum Gasteiger partial charge on any atom is 0.283 e. The van der Waals surface area contributed by atoms with Gasteiger partial charge in [-0.3, -0.25) is 4.79 Å². The molecular weight excluding hydrogens is 336 g/mol. The summed E-state index contributed by atoms with van der Waals surface area (Å²) in [7, 11) is 0. The number of anilines is 1. The minimum atomic E-state index is -0.185. The van der Waals surface area contributed by atoms with Crippen LogP contribution in [0.25, 0.3) is 0 Å². The van der Waals surface area contributed by atoms with Crippen LogP contribution in [0.15, 0.2) is 28.1 Å². The van der Waals surface area contributed by atoms with Gasteiger partial charge in [-0.15, -0.1) is 6.58 Å². The molecule has 1 saturated heterocycles. The van der Waals surface area contributed by atoms with Crippen LogP contribution in [0.4, 0.5) is 5.69 Å². The second-order valence-electron chi connectivity index (χ2n) is 5.08. The van der Waals surface area contributed by atoms with Gasteiger partial charge in [0, 0.05) is 19.1 Å². The second kappa shape index (κ2) is 7.72. The monoisotopic (exact) mass is 356 g/mol. The number of nitrogens with one attached hydrogen (secondary N) is 1. The zero-order chi connectivity index (χ0) is 15.2. The molecule has 1 aliphatic heterocycles. The summed E-state index contributed by atoms with van der Waals surface area (Å²) in [5.74, 6) is 0. The van der Waals surface area contributed by atoms with Crippen LogP contribution in [0.3, 0.4) is 0 Å². The first kappa shape index (κ1) is 16.2. The summed E-state index contributed by atoms with van der Waals surface area (Å²) in [5.41, 5.74) is 0.540. The number of aromatic nitrogens is 2. The maximum atomic E-state index is 12.2. The normalized spacial score (nSPS) is 17.9. The van der Waals surface area contributed by atoms with Crippen molar-refractivity contribution in [1.29, 1.82) is 0 Å². The second-order valence-corrected chi connectivity index (χ2v) is 5.88. The third-order valence-corrected chi connectivity index (χ3v) is 4.33. The molecule has 0 amide bonds. The van der Waals surface area contributed by atoms with Crippen LogP contribution >= 0.6 is 15.9 Å².